The summed E-state index contributed by atoms with van der Waals surface area (Å²) in [6.45, 7) is 6.94. The molecule has 1 heterocycles. The minimum atomic E-state index is -0.509. The average Bonchev–Trinajstić information content (AvgIpc) is 3.18. The molecule has 1 fully saturated rings. The van der Waals surface area contributed by atoms with Crippen molar-refractivity contribution in [3.8, 4) is 5.75 Å². The molecule has 5 heteroatoms. The molecule has 110 valence electrons. The van der Waals surface area contributed by atoms with Crippen molar-refractivity contribution in [2.24, 2.45) is 0 Å². The van der Waals surface area contributed by atoms with Gasteiger partial charge >= 0.3 is 6.09 Å². The van der Waals surface area contributed by atoms with Crippen LogP contribution in [-0.4, -0.2) is 42.6 Å². The van der Waals surface area contributed by atoms with E-state index in [0.29, 0.717) is 19.8 Å². The van der Waals surface area contributed by atoms with Crippen molar-refractivity contribution >= 4 is 6.09 Å². The smallest absolute Gasteiger partial charge is 0.412 e. The summed E-state index contributed by atoms with van der Waals surface area (Å²) in [6, 6.07) is 9.50. The van der Waals surface area contributed by atoms with Crippen molar-refractivity contribution in [1.29, 1.82) is 0 Å². The maximum absolute atomic E-state index is 12.1. The van der Waals surface area contributed by atoms with Crippen LogP contribution in [0.1, 0.15) is 20.8 Å². The molecule has 1 atom stereocenters. The fourth-order valence-corrected chi connectivity index (χ4v) is 1.67. The second-order valence-electron chi connectivity index (χ2n) is 5.62. The van der Waals surface area contributed by atoms with Crippen LogP contribution in [0.15, 0.2) is 30.3 Å². The highest BCUT2D eigenvalue weighted by Gasteiger charge is 2.36. The van der Waals surface area contributed by atoms with Gasteiger partial charge < -0.3 is 14.2 Å². The Bertz CT molecular complexity index is 437. The van der Waals surface area contributed by atoms with Gasteiger partial charge in [-0.25, -0.2) is 4.79 Å². The van der Waals surface area contributed by atoms with Crippen molar-refractivity contribution < 1.29 is 19.0 Å². The van der Waals surface area contributed by atoms with Gasteiger partial charge in [0.15, 0.2) is 6.23 Å². The molecule has 0 saturated carbocycles. The van der Waals surface area contributed by atoms with Gasteiger partial charge in [-0.05, 0) is 32.9 Å². The number of para-hydroxylation sites is 1. The zero-order valence-corrected chi connectivity index (χ0v) is 12.2. The first-order valence-electron chi connectivity index (χ1n) is 6.75. The Kier molecular flexibility index (Phi) is 4.49. The summed E-state index contributed by atoms with van der Waals surface area (Å²) in [5.74, 6) is 0.786. The molecule has 0 radical (unpaired) electrons. The van der Waals surface area contributed by atoms with E-state index in [1.165, 1.54) is 0 Å². The Morgan fingerprint density at radius 1 is 1.35 bits per heavy atom. The molecule has 0 aromatic heterocycles. The summed E-state index contributed by atoms with van der Waals surface area (Å²) in [6.07, 6.45) is -0.541. The number of benzene rings is 1. The molecule has 2 rings (SSSR count). The maximum atomic E-state index is 12.1. The van der Waals surface area contributed by atoms with Crippen molar-refractivity contribution in [2.45, 2.75) is 32.6 Å². The molecule has 1 saturated heterocycles. The molecule has 20 heavy (non-hydrogen) atoms. The Balaban J connectivity index is 1.82. The lowest BCUT2D eigenvalue weighted by atomic mass is 10.2. The van der Waals surface area contributed by atoms with Gasteiger partial charge in [-0.3, -0.25) is 4.90 Å². The fourth-order valence-electron chi connectivity index (χ4n) is 1.67. The molecule has 0 bridgehead atoms. The number of ether oxygens (including phenoxy) is 3. The summed E-state index contributed by atoms with van der Waals surface area (Å²) < 4.78 is 16.1. The molecule has 0 aliphatic carbocycles. The molecule has 0 spiro atoms. The first-order valence-corrected chi connectivity index (χ1v) is 6.75. The highest BCUT2D eigenvalue weighted by Crippen LogP contribution is 2.19. The maximum Gasteiger partial charge on any atom is 0.412 e. The third-order valence-corrected chi connectivity index (χ3v) is 2.64. The van der Waals surface area contributed by atoms with Gasteiger partial charge in [0.2, 0.25) is 0 Å². The SMILES string of the molecule is CC(C)(C)OC(=O)N(CCOc1ccccc1)C1CO1. The first kappa shape index (κ1) is 14.7. The number of hydrogen-bond acceptors (Lipinski definition) is 4. The van der Waals surface area contributed by atoms with Crippen LogP contribution in [0.3, 0.4) is 0 Å². The summed E-state index contributed by atoms with van der Waals surface area (Å²) in [5, 5.41) is 0. The van der Waals surface area contributed by atoms with Gasteiger partial charge in [0.25, 0.3) is 0 Å². The summed E-state index contributed by atoms with van der Waals surface area (Å²) in [4.78, 5) is 13.6. The molecule has 5 nitrogen and oxygen atoms in total. The van der Waals surface area contributed by atoms with E-state index in [1.807, 2.05) is 51.1 Å². The second kappa shape index (κ2) is 6.13. The van der Waals surface area contributed by atoms with E-state index in [9.17, 15) is 4.79 Å². The van der Waals surface area contributed by atoms with Crippen LogP contribution in [0.4, 0.5) is 4.79 Å². The number of epoxide rings is 1. The van der Waals surface area contributed by atoms with Crippen molar-refractivity contribution in [1.82, 2.24) is 4.90 Å². The van der Waals surface area contributed by atoms with Crippen LogP contribution in [-0.2, 0) is 9.47 Å². The zero-order valence-electron chi connectivity index (χ0n) is 12.2. The van der Waals surface area contributed by atoms with Crippen molar-refractivity contribution in [3.63, 3.8) is 0 Å². The third-order valence-electron chi connectivity index (χ3n) is 2.64. The van der Waals surface area contributed by atoms with E-state index in [-0.39, 0.29) is 12.3 Å². The Morgan fingerprint density at radius 2 is 2.00 bits per heavy atom. The second-order valence-corrected chi connectivity index (χ2v) is 5.62. The Labute approximate surface area is 119 Å². The molecule has 1 unspecified atom stereocenters. The minimum Gasteiger partial charge on any atom is -0.492 e. The molecular weight excluding hydrogens is 258 g/mol. The van der Waals surface area contributed by atoms with Gasteiger partial charge in [-0.15, -0.1) is 0 Å². The fraction of sp³-hybridized carbons (Fsp3) is 0.533. The number of rotatable bonds is 5. The van der Waals surface area contributed by atoms with Gasteiger partial charge in [-0.1, -0.05) is 18.2 Å². The number of amides is 1. The molecule has 1 aliphatic rings. The van der Waals surface area contributed by atoms with Gasteiger partial charge in [0.1, 0.15) is 18.0 Å². The lowest BCUT2D eigenvalue weighted by Crippen LogP contribution is -2.41. The number of nitrogens with zero attached hydrogens (tertiary/aromatic N) is 1. The highest BCUT2D eigenvalue weighted by atomic mass is 16.6. The topological polar surface area (TPSA) is 51.3 Å². The number of hydrogen-bond donors (Lipinski definition) is 0. The van der Waals surface area contributed by atoms with E-state index in [2.05, 4.69) is 0 Å². The van der Waals surface area contributed by atoms with E-state index < -0.39 is 5.60 Å². The van der Waals surface area contributed by atoms with E-state index >= 15 is 0 Å². The molecule has 1 aromatic rings. The van der Waals surface area contributed by atoms with Crippen molar-refractivity contribution in [3.05, 3.63) is 30.3 Å². The Hall–Kier alpha value is -1.75. The summed E-state index contributed by atoms with van der Waals surface area (Å²) in [5.41, 5.74) is -0.509. The predicted octanol–water partition coefficient (Wildman–Crippen LogP) is 2.66. The van der Waals surface area contributed by atoms with Gasteiger partial charge in [0, 0.05) is 0 Å². The quantitative estimate of drug-likeness (QED) is 0.778. The minimum absolute atomic E-state index is 0.177. The van der Waals surface area contributed by atoms with E-state index in [0.717, 1.165) is 5.75 Å². The lowest BCUT2D eigenvalue weighted by molar-refractivity contribution is 0.0130. The summed E-state index contributed by atoms with van der Waals surface area (Å²) in [7, 11) is 0. The molecule has 1 aliphatic heterocycles. The lowest BCUT2D eigenvalue weighted by Gasteiger charge is -2.26. The van der Waals surface area contributed by atoms with E-state index in [1.54, 1.807) is 4.90 Å². The monoisotopic (exact) mass is 279 g/mol. The third kappa shape index (κ3) is 4.74. The van der Waals surface area contributed by atoms with E-state index in [4.69, 9.17) is 14.2 Å². The van der Waals surface area contributed by atoms with Gasteiger partial charge in [0.05, 0.1) is 13.2 Å². The largest absolute Gasteiger partial charge is 0.492 e. The van der Waals surface area contributed by atoms with Gasteiger partial charge in [-0.2, -0.15) is 0 Å². The van der Waals surface area contributed by atoms with Crippen LogP contribution in [0.25, 0.3) is 0 Å². The first-order chi connectivity index (χ1) is 9.46. The zero-order chi connectivity index (χ0) is 14.6. The molecule has 1 aromatic carbocycles. The normalized spacial score (nSPS) is 17.4. The standard InChI is InChI=1S/C15H21NO4/c1-15(2,3)20-14(17)16(13-11-19-13)9-10-18-12-7-5-4-6-8-12/h4-8,13H,9-11H2,1-3H3. The summed E-state index contributed by atoms with van der Waals surface area (Å²) >= 11 is 0. The van der Waals surface area contributed by atoms with Crippen molar-refractivity contribution in [2.75, 3.05) is 19.8 Å². The average molecular weight is 279 g/mol. The van der Waals surface area contributed by atoms with Crippen LogP contribution >= 0.6 is 0 Å². The number of carbonyl (C=O) groups excluding carboxylic acids is 1. The molecule has 1 amide bonds. The van der Waals surface area contributed by atoms with Crippen LogP contribution in [0.5, 0.6) is 5.75 Å². The molecular formula is C15H21NO4. The van der Waals surface area contributed by atoms with Crippen LogP contribution < -0.4 is 4.74 Å². The number of carbonyl (C=O) groups is 1. The highest BCUT2D eigenvalue weighted by molar-refractivity contribution is 5.68. The Morgan fingerprint density at radius 3 is 2.55 bits per heavy atom. The molecule has 0 N–H and O–H groups in total. The predicted molar refractivity (Wildman–Crippen MR) is 74.6 cm³/mol. The van der Waals surface area contributed by atoms with Crippen LogP contribution in [0, 0.1) is 0 Å². The van der Waals surface area contributed by atoms with Crippen LogP contribution in [0.2, 0.25) is 0 Å².